The van der Waals surface area contributed by atoms with E-state index >= 15 is 0 Å². The van der Waals surface area contributed by atoms with Crippen LogP contribution in [0, 0.1) is 0 Å². The van der Waals surface area contributed by atoms with E-state index in [-0.39, 0.29) is 0 Å². The summed E-state index contributed by atoms with van der Waals surface area (Å²) in [5, 5.41) is 8.93. The van der Waals surface area contributed by atoms with Crippen LogP contribution in [0.15, 0.2) is 55.1 Å². The predicted octanol–water partition coefficient (Wildman–Crippen LogP) is 3.81. The normalized spacial score (nSPS) is 10.4. The van der Waals surface area contributed by atoms with Crippen LogP contribution in [-0.2, 0) is 0 Å². The summed E-state index contributed by atoms with van der Waals surface area (Å²) >= 11 is 0. The lowest BCUT2D eigenvalue weighted by atomic mass is 10.1. The molecule has 20 heavy (non-hydrogen) atoms. The van der Waals surface area contributed by atoms with Crippen LogP contribution < -0.4 is 10.6 Å². The van der Waals surface area contributed by atoms with Crippen LogP contribution in [-0.4, -0.2) is 16.5 Å². The molecule has 2 N–H and O–H groups in total. The molecule has 1 aromatic carbocycles. The Balaban J connectivity index is 1.95. The largest absolute Gasteiger partial charge is 0.384 e. The van der Waals surface area contributed by atoms with Crippen molar-refractivity contribution in [3.05, 3.63) is 55.1 Å². The summed E-state index contributed by atoms with van der Waals surface area (Å²) in [5.41, 5.74) is 3.00. The predicted molar refractivity (Wildman–Crippen MR) is 83.4 cm³/mol. The molecule has 4 heteroatoms. The monoisotopic (exact) mass is 264 g/mol. The lowest BCUT2D eigenvalue weighted by Crippen LogP contribution is -1.98. The van der Waals surface area contributed by atoms with Crippen LogP contribution in [0.25, 0.3) is 10.8 Å². The summed E-state index contributed by atoms with van der Waals surface area (Å²) in [6.45, 7) is 2.94. The third-order valence-electron chi connectivity index (χ3n) is 3.08. The second-order valence-electron chi connectivity index (χ2n) is 4.52. The van der Waals surface area contributed by atoms with Gasteiger partial charge in [0.15, 0.2) is 0 Å². The van der Waals surface area contributed by atoms with E-state index in [0.29, 0.717) is 0 Å². The van der Waals surface area contributed by atoms with E-state index in [1.54, 1.807) is 6.20 Å². The molecule has 3 rings (SSSR count). The first kappa shape index (κ1) is 12.4. The molecule has 0 aliphatic carbocycles. The Morgan fingerprint density at radius 2 is 1.90 bits per heavy atom. The fraction of sp³-hybridized carbons (Fsp3) is 0.125. The van der Waals surface area contributed by atoms with Gasteiger partial charge in [0, 0.05) is 30.0 Å². The summed E-state index contributed by atoms with van der Waals surface area (Å²) in [7, 11) is 0. The third-order valence-corrected chi connectivity index (χ3v) is 3.08. The molecule has 0 atom stereocenters. The van der Waals surface area contributed by atoms with Crippen LogP contribution in [0.3, 0.4) is 0 Å². The van der Waals surface area contributed by atoms with E-state index in [2.05, 4.69) is 33.6 Å². The van der Waals surface area contributed by atoms with Gasteiger partial charge in [-0.15, -0.1) is 0 Å². The number of aromatic nitrogens is 2. The smallest absolute Gasteiger partial charge is 0.0591 e. The van der Waals surface area contributed by atoms with Crippen molar-refractivity contribution in [1.82, 2.24) is 9.97 Å². The summed E-state index contributed by atoms with van der Waals surface area (Å²) in [5.74, 6) is 0. The Hall–Kier alpha value is -2.62. The summed E-state index contributed by atoms with van der Waals surface area (Å²) in [4.78, 5) is 8.43. The zero-order valence-corrected chi connectivity index (χ0v) is 11.3. The number of nitrogens with one attached hydrogen (secondary N) is 2. The average Bonchev–Trinajstić information content (AvgIpc) is 2.48. The summed E-state index contributed by atoms with van der Waals surface area (Å²) in [6.07, 6.45) is 7.31. The molecule has 0 saturated carbocycles. The number of pyridine rings is 2. The molecule has 0 amide bonds. The maximum Gasteiger partial charge on any atom is 0.0591 e. The minimum Gasteiger partial charge on any atom is -0.384 e. The molecule has 0 aliphatic rings. The minimum atomic E-state index is 0.878. The van der Waals surface area contributed by atoms with Gasteiger partial charge in [-0.2, -0.15) is 0 Å². The molecule has 3 aromatic rings. The van der Waals surface area contributed by atoms with Crippen molar-refractivity contribution in [3.8, 4) is 0 Å². The highest BCUT2D eigenvalue weighted by Crippen LogP contribution is 2.26. The highest BCUT2D eigenvalue weighted by molar-refractivity contribution is 5.94. The van der Waals surface area contributed by atoms with Crippen molar-refractivity contribution in [2.45, 2.75) is 6.92 Å². The Labute approximate surface area is 117 Å². The number of benzene rings is 1. The van der Waals surface area contributed by atoms with E-state index in [9.17, 15) is 0 Å². The van der Waals surface area contributed by atoms with Gasteiger partial charge < -0.3 is 10.6 Å². The Morgan fingerprint density at radius 3 is 2.80 bits per heavy atom. The zero-order chi connectivity index (χ0) is 13.8. The standard InChI is InChI=1S/C16H16N4/c1-2-19-13-8-14(10-18-9-13)20-16-5-3-4-12-6-7-17-11-15(12)16/h3-11,19-20H,2H2,1H3. The molecular formula is C16H16N4. The van der Waals surface area contributed by atoms with Gasteiger partial charge in [0.05, 0.1) is 23.8 Å². The van der Waals surface area contributed by atoms with Crippen LogP contribution in [0.5, 0.6) is 0 Å². The van der Waals surface area contributed by atoms with Crippen molar-refractivity contribution in [2.24, 2.45) is 0 Å². The summed E-state index contributed by atoms with van der Waals surface area (Å²) < 4.78 is 0. The fourth-order valence-corrected chi connectivity index (χ4v) is 2.19. The molecule has 0 unspecified atom stereocenters. The molecule has 0 saturated heterocycles. The van der Waals surface area contributed by atoms with Gasteiger partial charge in [-0.3, -0.25) is 9.97 Å². The maximum absolute atomic E-state index is 4.24. The number of hydrogen-bond acceptors (Lipinski definition) is 4. The van der Waals surface area contributed by atoms with Crippen molar-refractivity contribution in [1.29, 1.82) is 0 Å². The second-order valence-corrected chi connectivity index (χ2v) is 4.52. The molecular weight excluding hydrogens is 248 g/mol. The van der Waals surface area contributed by atoms with Crippen molar-refractivity contribution < 1.29 is 0 Å². The zero-order valence-electron chi connectivity index (χ0n) is 11.3. The number of nitrogens with zero attached hydrogens (tertiary/aromatic N) is 2. The maximum atomic E-state index is 4.24. The molecule has 0 radical (unpaired) electrons. The Kier molecular flexibility index (Phi) is 3.46. The lowest BCUT2D eigenvalue weighted by molar-refractivity contribution is 1.19. The molecule has 100 valence electrons. The molecule has 0 spiro atoms. The van der Waals surface area contributed by atoms with Gasteiger partial charge in [0.25, 0.3) is 0 Å². The van der Waals surface area contributed by atoms with Gasteiger partial charge >= 0.3 is 0 Å². The van der Waals surface area contributed by atoms with Crippen LogP contribution in [0.1, 0.15) is 6.92 Å². The molecule has 0 fully saturated rings. The lowest BCUT2D eigenvalue weighted by Gasteiger charge is -2.10. The van der Waals surface area contributed by atoms with E-state index in [1.165, 1.54) is 5.39 Å². The number of fused-ring (bicyclic) bond motifs is 1. The van der Waals surface area contributed by atoms with E-state index in [1.807, 2.05) is 42.9 Å². The van der Waals surface area contributed by atoms with Gasteiger partial charge in [0.2, 0.25) is 0 Å². The van der Waals surface area contributed by atoms with Crippen molar-refractivity contribution >= 4 is 27.8 Å². The molecule has 0 aliphatic heterocycles. The van der Waals surface area contributed by atoms with Crippen LogP contribution in [0.2, 0.25) is 0 Å². The van der Waals surface area contributed by atoms with Crippen molar-refractivity contribution in [3.63, 3.8) is 0 Å². The summed E-state index contributed by atoms with van der Waals surface area (Å²) in [6, 6.07) is 10.2. The first-order valence-electron chi connectivity index (χ1n) is 6.65. The van der Waals surface area contributed by atoms with Crippen LogP contribution >= 0.6 is 0 Å². The number of hydrogen-bond donors (Lipinski definition) is 2. The van der Waals surface area contributed by atoms with E-state index < -0.39 is 0 Å². The number of rotatable bonds is 4. The third kappa shape index (κ3) is 2.54. The second kappa shape index (κ2) is 5.57. The topological polar surface area (TPSA) is 49.8 Å². The Bertz CT molecular complexity index is 719. The van der Waals surface area contributed by atoms with Gasteiger partial charge in [-0.1, -0.05) is 12.1 Å². The van der Waals surface area contributed by atoms with Crippen molar-refractivity contribution in [2.75, 3.05) is 17.2 Å². The molecule has 2 heterocycles. The van der Waals surface area contributed by atoms with E-state index in [0.717, 1.165) is 29.0 Å². The average molecular weight is 264 g/mol. The first-order chi connectivity index (χ1) is 9.86. The first-order valence-corrected chi connectivity index (χ1v) is 6.65. The molecule has 2 aromatic heterocycles. The van der Waals surface area contributed by atoms with E-state index in [4.69, 9.17) is 0 Å². The minimum absolute atomic E-state index is 0.878. The highest BCUT2D eigenvalue weighted by atomic mass is 14.9. The quantitative estimate of drug-likeness (QED) is 0.752. The van der Waals surface area contributed by atoms with Gasteiger partial charge in [0.1, 0.15) is 0 Å². The Morgan fingerprint density at radius 1 is 1.00 bits per heavy atom. The SMILES string of the molecule is CCNc1cncc(Nc2cccc3ccncc23)c1. The fourth-order valence-electron chi connectivity index (χ4n) is 2.19. The van der Waals surface area contributed by atoms with Gasteiger partial charge in [-0.05, 0) is 30.5 Å². The van der Waals surface area contributed by atoms with Gasteiger partial charge in [-0.25, -0.2) is 0 Å². The number of anilines is 3. The molecule has 0 bridgehead atoms. The highest BCUT2D eigenvalue weighted by Gasteiger charge is 2.02. The molecule has 4 nitrogen and oxygen atoms in total. The van der Waals surface area contributed by atoms with Crippen LogP contribution in [0.4, 0.5) is 17.1 Å².